The second-order valence-corrected chi connectivity index (χ2v) is 6.79. The third-order valence-corrected chi connectivity index (χ3v) is 5.10. The Morgan fingerprint density at radius 2 is 1.91 bits per heavy atom. The smallest absolute Gasteiger partial charge is 0.227 e. The van der Waals surface area contributed by atoms with Crippen LogP contribution < -0.4 is 5.73 Å². The molecule has 2 fully saturated rings. The van der Waals surface area contributed by atoms with Gasteiger partial charge in [0.05, 0.1) is 0 Å². The Morgan fingerprint density at radius 1 is 1.27 bits per heavy atom. The van der Waals surface area contributed by atoms with Crippen molar-refractivity contribution in [2.24, 2.45) is 11.7 Å². The fraction of sp³-hybridized carbons (Fsp3) is 0.611. The fourth-order valence-electron chi connectivity index (χ4n) is 3.48. The summed E-state index contributed by atoms with van der Waals surface area (Å²) in [6.45, 7) is 4.59. The predicted molar refractivity (Wildman–Crippen MR) is 92.3 cm³/mol. The van der Waals surface area contributed by atoms with Gasteiger partial charge in [0.2, 0.25) is 5.91 Å². The molecule has 1 atom stereocenters. The molecule has 1 unspecified atom stereocenters. The van der Waals surface area contributed by atoms with Crippen LogP contribution in [0.25, 0.3) is 0 Å². The van der Waals surface area contributed by atoms with Gasteiger partial charge in [-0.2, -0.15) is 0 Å². The van der Waals surface area contributed by atoms with E-state index in [1.807, 2.05) is 6.92 Å². The van der Waals surface area contributed by atoms with Crippen molar-refractivity contribution < 1.29 is 4.79 Å². The van der Waals surface area contributed by atoms with E-state index in [1.54, 1.807) is 0 Å². The minimum Gasteiger partial charge on any atom is -0.336 e. The zero-order chi connectivity index (χ0) is 15.0. The van der Waals surface area contributed by atoms with Gasteiger partial charge in [0.15, 0.2) is 0 Å². The first-order valence-electron chi connectivity index (χ1n) is 8.19. The van der Waals surface area contributed by atoms with E-state index in [2.05, 4.69) is 36.1 Å². The lowest BCUT2D eigenvalue weighted by Crippen LogP contribution is -2.51. The van der Waals surface area contributed by atoms with Gasteiger partial charge in [-0.3, -0.25) is 4.79 Å². The lowest BCUT2D eigenvalue weighted by molar-refractivity contribution is -0.140. The molecular weight excluding hydrogens is 296 g/mol. The zero-order valence-electron chi connectivity index (χ0n) is 13.5. The topological polar surface area (TPSA) is 46.3 Å². The first-order chi connectivity index (χ1) is 10.1. The maximum atomic E-state index is 12.5. The lowest BCUT2D eigenvalue weighted by atomic mass is 9.73. The van der Waals surface area contributed by atoms with Gasteiger partial charge < -0.3 is 10.6 Å². The molecule has 2 N–H and O–H groups in total. The number of halogens is 1. The van der Waals surface area contributed by atoms with Crippen molar-refractivity contribution in [2.45, 2.75) is 57.5 Å². The van der Waals surface area contributed by atoms with Gasteiger partial charge in [0, 0.05) is 24.5 Å². The molecule has 22 heavy (non-hydrogen) atoms. The van der Waals surface area contributed by atoms with E-state index >= 15 is 0 Å². The fourth-order valence-corrected chi connectivity index (χ4v) is 3.48. The van der Waals surface area contributed by atoms with E-state index in [9.17, 15) is 4.79 Å². The molecule has 122 valence electrons. The molecule has 3 rings (SSSR count). The van der Waals surface area contributed by atoms with Gasteiger partial charge in [-0.05, 0) is 49.7 Å². The van der Waals surface area contributed by atoms with Gasteiger partial charge in [0.25, 0.3) is 0 Å². The molecule has 0 heterocycles. The summed E-state index contributed by atoms with van der Waals surface area (Å²) >= 11 is 0. The Bertz CT molecular complexity index is 524. The quantitative estimate of drug-likeness (QED) is 0.904. The molecule has 1 aromatic rings. The van der Waals surface area contributed by atoms with Crippen molar-refractivity contribution in [1.29, 1.82) is 0 Å². The van der Waals surface area contributed by atoms with E-state index in [4.69, 9.17) is 5.73 Å². The number of benzene rings is 1. The normalized spacial score (nSPS) is 24.9. The van der Waals surface area contributed by atoms with Crippen molar-refractivity contribution in [3.05, 3.63) is 35.4 Å². The van der Waals surface area contributed by atoms with Gasteiger partial charge >= 0.3 is 0 Å². The number of carbonyl (C=O) groups excluding carboxylic acids is 1. The maximum absolute atomic E-state index is 12.5. The zero-order valence-corrected chi connectivity index (χ0v) is 14.3. The SMILES string of the molecule is Cc1ccccc1C1CC(N(C(=O)C(C)CN)C2CC2)C1.Cl. The highest BCUT2D eigenvalue weighted by Crippen LogP contribution is 2.44. The van der Waals surface area contributed by atoms with E-state index in [0.717, 1.165) is 12.8 Å². The largest absolute Gasteiger partial charge is 0.336 e. The molecule has 0 radical (unpaired) electrons. The number of aryl methyl sites for hydroxylation is 1. The molecule has 2 aliphatic carbocycles. The molecule has 2 aliphatic rings. The number of hydrogen-bond donors (Lipinski definition) is 1. The Balaban J connectivity index is 0.00000176. The van der Waals surface area contributed by atoms with Crippen LogP contribution in [-0.4, -0.2) is 29.4 Å². The first-order valence-corrected chi connectivity index (χ1v) is 8.19. The number of nitrogens with two attached hydrogens (primary N) is 1. The summed E-state index contributed by atoms with van der Waals surface area (Å²) < 4.78 is 0. The number of carbonyl (C=O) groups is 1. The number of rotatable bonds is 5. The molecule has 0 spiro atoms. The van der Waals surface area contributed by atoms with Crippen LogP contribution in [0.1, 0.15) is 49.7 Å². The maximum Gasteiger partial charge on any atom is 0.227 e. The Labute approximate surface area is 139 Å². The molecule has 1 aromatic carbocycles. The summed E-state index contributed by atoms with van der Waals surface area (Å²) in [6, 6.07) is 9.57. The summed E-state index contributed by atoms with van der Waals surface area (Å²) in [7, 11) is 0. The molecule has 0 aromatic heterocycles. The van der Waals surface area contributed by atoms with E-state index in [1.165, 1.54) is 24.0 Å². The van der Waals surface area contributed by atoms with Gasteiger partial charge in [-0.25, -0.2) is 0 Å². The average Bonchev–Trinajstić information content (AvgIpc) is 3.26. The van der Waals surface area contributed by atoms with Crippen LogP contribution in [0.3, 0.4) is 0 Å². The molecule has 0 saturated heterocycles. The van der Waals surface area contributed by atoms with Gasteiger partial charge in [-0.1, -0.05) is 31.2 Å². The predicted octanol–water partition coefficient (Wildman–Crippen LogP) is 3.25. The summed E-state index contributed by atoms with van der Waals surface area (Å²) in [5.74, 6) is 0.856. The Kier molecular flexibility index (Phi) is 5.51. The molecule has 0 bridgehead atoms. The van der Waals surface area contributed by atoms with Crippen LogP contribution in [0.5, 0.6) is 0 Å². The highest BCUT2D eigenvalue weighted by atomic mass is 35.5. The van der Waals surface area contributed by atoms with Crippen LogP contribution in [0, 0.1) is 12.8 Å². The lowest BCUT2D eigenvalue weighted by Gasteiger charge is -2.44. The highest BCUT2D eigenvalue weighted by molar-refractivity contribution is 5.85. The standard InChI is InChI=1S/C18H26N2O.ClH/c1-12-5-3-4-6-17(12)14-9-16(10-14)20(15-7-8-15)18(21)13(2)11-19;/h3-6,13-16H,7-11,19H2,1-2H3;1H. The Hall–Kier alpha value is -1.06. The summed E-state index contributed by atoms with van der Waals surface area (Å²) in [6.07, 6.45) is 4.58. The highest BCUT2D eigenvalue weighted by Gasteiger charge is 2.44. The van der Waals surface area contributed by atoms with Crippen molar-refractivity contribution in [2.75, 3.05) is 6.54 Å². The molecule has 4 heteroatoms. The van der Waals surface area contributed by atoms with Crippen LogP contribution >= 0.6 is 12.4 Å². The third-order valence-electron chi connectivity index (χ3n) is 5.10. The van der Waals surface area contributed by atoms with Crippen LogP contribution in [0.15, 0.2) is 24.3 Å². The summed E-state index contributed by atoms with van der Waals surface area (Å²) in [4.78, 5) is 14.7. The van der Waals surface area contributed by atoms with E-state index in [-0.39, 0.29) is 24.2 Å². The number of nitrogens with zero attached hydrogens (tertiary/aromatic N) is 1. The monoisotopic (exact) mass is 322 g/mol. The van der Waals surface area contributed by atoms with Crippen LogP contribution in [-0.2, 0) is 4.79 Å². The molecule has 2 saturated carbocycles. The van der Waals surface area contributed by atoms with Crippen molar-refractivity contribution >= 4 is 18.3 Å². The number of hydrogen-bond acceptors (Lipinski definition) is 2. The third kappa shape index (κ3) is 3.31. The Morgan fingerprint density at radius 3 is 2.45 bits per heavy atom. The molecule has 1 amide bonds. The summed E-state index contributed by atoms with van der Waals surface area (Å²) in [5, 5.41) is 0. The minimum absolute atomic E-state index is 0. The van der Waals surface area contributed by atoms with Gasteiger partial charge in [0.1, 0.15) is 0 Å². The first kappa shape index (κ1) is 17.3. The second-order valence-electron chi connectivity index (χ2n) is 6.79. The average molecular weight is 323 g/mol. The van der Waals surface area contributed by atoms with Crippen molar-refractivity contribution in [1.82, 2.24) is 4.90 Å². The number of amides is 1. The molecule has 3 nitrogen and oxygen atoms in total. The van der Waals surface area contributed by atoms with Crippen molar-refractivity contribution in [3.63, 3.8) is 0 Å². The van der Waals surface area contributed by atoms with Crippen LogP contribution in [0.4, 0.5) is 0 Å². The second kappa shape index (κ2) is 7.01. The van der Waals surface area contributed by atoms with Crippen molar-refractivity contribution in [3.8, 4) is 0 Å². The van der Waals surface area contributed by atoms with E-state index in [0.29, 0.717) is 24.5 Å². The minimum atomic E-state index is -0.0388. The molecular formula is C18H27ClN2O. The molecule has 0 aliphatic heterocycles. The van der Waals surface area contributed by atoms with Gasteiger partial charge in [-0.15, -0.1) is 12.4 Å². The van der Waals surface area contributed by atoms with E-state index < -0.39 is 0 Å². The summed E-state index contributed by atoms with van der Waals surface area (Å²) in [5.41, 5.74) is 8.52. The van der Waals surface area contributed by atoms with Crippen LogP contribution in [0.2, 0.25) is 0 Å².